The molecule has 0 radical (unpaired) electrons. The van der Waals surface area contributed by atoms with Crippen molar-refractivity contribution in [3.8, 4) is 5.75 Å². The molecule has 5 nitrogen and oxygen atoms in total. The number of ether oxygens (including phenoxy) is 1. The highest BCUT2D eigenvalue weighted by Gasteiger charge is 2.13. The number of anilines is 1. The lowest BCUT2D eigenvalue weighted by Gasteiger charge is -2.18. The smallest absolute Gasteiger partial charge is 0.260 e. The minimum Gasteiger partial charge on any atom is -0.497 e. The minimum atomic E-state index is -0.387. The normalized spacial score (nSPS) is 11.3. The Balaban J connectivity index is 1.87. The number of carbonyl (C=O) groups is 1. The van der Waals surface area contributed by atoms with E-state index in [9.17, 15) is 4.79 Å². The summed E-state index contributed by atoms with van der Waals surface area (Å²) in [6.45, 7) is 7.72. The molecule has 2 aromatic rings. The number of amides is 1. The van der Waals surface area contributed by atoms with Crippen LogP contribution in [0.1, 0.15) is 18.1 Å². The number of hydrazine groups is 1. The predicted octanol–water partition coefficient (Wildman–Crippen LogP) is 3.10. The van der Waals surface area contributed by atoms with Crippen LogP contribution in [0.2, 0.25) is 0 Å². The van der Waals surface area contributed by atoms with Gasteiger partial charge in [-0.3, -0.25) is 15.6 Å². The van der Waals surface area contributed by atoms with Crippen molar-refractivity contribution in [1.29, 1.82) is 0 Å². The molecule has 0 aliphatic carbocycles. The SMILES string of the molecule is C=C(NNC(=O)C(C)Nc1ccccc1C)c1ccc(OC)cc1. The molecule has 2 rings (SSSR count). The summed E-state index contributed by atoms with van der Waals surface area (Å²) in [5.74, 6) is 0.597. The molecule has 1 atom stereocenters. The minimum absolute atomic E-state index is 0.173. The van der Waals surface area contributed by atoms with Gasteiger partial charge in [-0.05, 0) is 55.3 Å². The second-order valence-electron chi connectivity index (χ2n) is 5.50. The number of methoxy groups -OCH3 is 1. The van der Waals surface area contributed by atoms with E-state index in [0.717, 1.165) is 22.6 Å². The van der Waals surface area contributed by atoms with Gasteiger partial charge < -0.3 is 10.1 Å². The largest absolute Gasteiger partial charge is 0.497 e. The zero-order chi connectivity index (χ0) is 17.5. The van der Waals surface area contributed by atoms with Gasteiger partial charge in [0.15, 0.2) is 0 Å². The Hall–Kier alpha value is -2.95. The molecular weight excluding hydrogens is 302 g/mol. The Morgan fingerprint density at radius 3 is 2.38 bits per heavy atom. The van der Waals surface area contributed by atoms with E-state index in [1.807, 2.05) is 55.5 Å². The van der Waals surface area contributed by atoms with Gasteiger partial charge in [0.2, 0.25) is 0 Å². The van der Waals surface area contributed by atoms with E-state index in [1.54, 1.807) is 14.0 Å². The maximum atomic E-state index is 12.2. The number of benzene rings is 2. The predicted molar refractivity (Wildman–Crippen MR) is 97.6 cm³/mol. The molecule has 1 unspecified atom stereocenters. The molecule has 24 heavy (non-hydrogen) atoms. The summed E-state index contributed by atoms with van der Waals surface area (Å²) in [6.07, 6.45) is 0. The number of hydrogen-bond acceptors (Lipinski definition) is 4. The molecule has 0 saturated carbocycles. The van der Waals surface area contributed by atoms with Crippen LogP contribution in [0.3, 0.4) is 0 Å². The highest BCUT2D eigenvalue weighted by Crippen LogP contribution is 2.16. The second-order valence-corrected chi connectivity index (χ2v) is 5.50. The summed E-state index contributed by atoms with van der Waals surface area (Å²) in [4.78, 5) is 12.2. The molecule has 1 amide bonds. The molecule has 0 spiro atoms. The molecule has 2 aromatic carbocycles. The standard InChI is InChI=1S/C19H23N3O2/c1-13-7-5-6-8-18(13)20-15(3)19(23)22-21-14(2)16-9-11-17(24-4)12-10-16/h5-12,15,20-21H,2H2,1,3-4H3,(H,22,23). The third kappa shape index (κ3) is 4.52. The lowest BCUT2D eigenvalue weighted by atomic mass is 10.2. The van der Waals surface area contributed by atoms with Gasteiger partial charge in [-0.15, -0.1) is 0 Å². The van der Waals surface area contributed by atoms with Crippen LogP contribution in [-0.4, -0.2) is 19.1 Å². The molecular formula is C19H23N3O2. The van der Waals surface area contributed by atoms with Crippen LogP contribution >= 0.6 is 0 Å². The molecule has 126 valence electrons. The van der Waals surface area contributed by atoms with Gasteiger partial charge in [0.05, 0.1) is 12.8 Å². The van der Waals surface area contributed by atoms with E-state index < -0.39 is 0 Å². The highest BCUT2D eigenvalue weighted by atomic mass is 16.5. The lowest BCUT2D eigenvalue weighted by molar-refractivity contribution is -0.122. The van der Waals surface area contributed by atoms with E-state index in [0.29, 0.717) is 5.70 Å². The van der Waals surface area contributed by atoms with E-state index in [2.05, 4.69) is 22.7 Å². The summed E-state index contributed by atoms with van der Waals surface area (Å²) in [6, 6.07) is 14.9. The first-order chi connectivity index (χ1) is 11.5. The Morgan fingerprint density at radius 1 is 1.08 bits per heavy atom. The summed E-state index contributed by atoms with van der Waals surface area (Å²) in [7, 11) is 1.62. The number of aryl methyl sites for hydroxylation is 1. The van der Waals surface area contributed by atoms with Crippen molar-refractivity contribution in [2.24, 2.45) is 0 Å². The van der Waals surface area contributed by atoms with Gasteiger partial charge in [-0.2, -0.15) is 0 Å². The van der Waals surface area contributed by atoms with Crippen molar-refractivity contribution in [2.45, 2.75) is 19.9 Å². The van der Waals surface area contributed by atoms with Gasteiger partial charge >= 0.3 is 0 Å². The lowest BCUT2D eigenvalue weighted by Crippen LogP contribution is -2.44. The molecule has 0 aliphatic rings. The summed E-state index contributed by atoms with van der Waals surface area (Å²) in [5, 5.41) is 3.19. The van der Waals surface area contributed by atoms with Crippen LogP contribution in [-0.2, 0) is 4.79 Å². The Labute approximate surface area is 142 Å². The zero-order valence-corrected chi connectivity index (χ0v) is 14.2. The number of nitrogens with one attached hydrogen (secondary N) is 3. The third-order valence-corrected chi connectivity index (χ3v) is 3.69. The van der Waals surface area contributed by atoms with Crippen molar-refractivity contribution in [3.05, 3.63) is 66.2 Å². The number of carbonyl (C=O) groups excluding carboxylic acids is 1. The fraction of sp³-hybridized carbons (Fsp3) is 0.211. The molecule has 0 aromatic heterocycles. The first-order valence-corrected chi connectivity index (χ1v) is 7.72. The van der Waals surface area contributed by atoms with E-state index in [1.165, 1.54) is 0 Å². The molecule has 0 bridgehead atoms. The van der Waals surface area contributed by atoms with Crippen LogP contribution in [0.15, 0.2) is 55.1 Å². The average Bonchev–Trinajstić information content (AvgIpc) is 2.61. The van der Waals surface area contributed by atoms with Crippen molar-refractivity contribution in [2.75, 3.05) is 12.4 Å². The van der Waals surface area contributed by atoms with E-state index >= 15 is 0 Å². The van der Waals surface area contributed by atoms with Gasteiger partial charge in [0.1, 0.15) is 11.8 Å². The van der Waals surface area contributed by atoms with Crippen molar-refractivity contribution in [1.82, 2.24) is 10.9 Å². The van der Waals surface area contributed by atoms with Crippen molar-refractivity contribution in [3.63, 3.8) is 0 Å². The number of rotatable bonds is 7. The summed E-state index contributed by atoms with van der Waals surface area (Å²) >= 11 is 0. The van der Waals surface area contributed by atoms with Crippen LogP contribution in [0, 0.1) is 6.92 Å². The van der Waals surface area contributed by atoms with E-state index in [-0.39, 0.29) is 11.9 Å². The summed E-state index contributed by atoms with van der Waals surface area (Å²) in [5.41, 5.74) is 9.02. The quantitative estimate of drug-likeness (QED) is 0.685. The second kappa shape index (κ2) is 8.06. The number of hydrogen-bond donors (Lipinski definition) is 3. The van der Waals surface area contributed by atoms with Gasteiger partial charge in [-0.1, -0.05) is 24.8 Å². The Morgan fingerprint density at radius 2 is 1.75 bits per heavy atom. The Bertz CT molecular complexity index is 711. The Kier molecular flexibility index (Phi) is 5.84. The van der Waals surface area contributed by atoms with Crippen molar-refractivity contribution < 1.29 is 9.53 Å². The van der Waals surface area contributed by atoms with Gasteiger partial charge in [0, 0.05) is 5.69 Å². The first kappa shape index (κ1) is 17.4. The van der Waals surface area contributed by atoms with E-state index in [4.69, 9.17) is 4.74 Å². The van der Waals surface area contributed by atoms with Crippen LogP contribution in [0.25, 0.3) is 5.70 Å². The van der Waals surface area contributed by atoms with Gasteiger partial charge in [-0.25, -0.2) is 0 Å². The maximum Gasteiger partial charge on any atom is 0.260 e. The molecule has 3 N–H and O–H groups in total. The van der Waals surface area contributed by atoms with Crippen molar-refractivity contribution >= 4 is 17.3 Å². The van der Waals surface area contributed by atoms with Crippen LogP contribution in [0.4, 0.5) is 5.69 Å². The molecule has 0 saturated heterocycles. The molecule has 5 heteroatoms. The van der Waals surface area contributed by atoms with Crippen LogP contribution < -0.4 is 20.9 Å². The molecule has 0 heterocycles. The topological polar surface area (TPSA) is 62.4 Å². The highest BCUT2D eigenvalue weighted by molar-refractivity contribution is 5.85. The third-order valence-electron chi connectivity index (χ3n) is 3.69. The van der Waals surface area contributed by atoms with Gasteiger partial charge in [0.25, 0.3) is 5.91 Å². The molecule has 0 fully saturated rings. The monoisotopic (exact) mass is 325 g/mol. The number of para-hydroxylation sites is 1. The first-order valence-electron chi connectivity index (χ1n) is 7.72. The fourth-order valence-electron chi connectivity index (χ4n) is 2.14. The zero-order valence-electron chi connectivity index (χ0n) is 14.2. The maximum absolute atomic E-state index is 12.2. The molecule has 0 aliphatic heterocycles. The fourth-order valence-corrected chi connectivity index (χ4v) is 2.14. The summed E-state index contributed by atoms with van der Waals surface area (Å²) < 4.78 is 5.12. The average molecular weight is 325 g/mol. The van der Waals surface area contributed by atoms with Crippen LogP contribution in [0.5, 0.6) is 5.75 Å².